The molecule has 0 spiro atoms. The van der Waals surface area contributed by atoms with Gasteiger partial charge in [-0.05, 0) is 36.8 Å². The molecule has 2 aromatic rings. The second-order valence-electron chi connectivity index (χ2n) is 4.83. The highest BCUT2D eigenvalue weighted by atomic mass is 16.2. The molecule has 2 nitrogen and oxygen atoms in total. The fourth-order valence-corrected chi connectivity index (χ4v) is 2.21. The van der Waals surface area contributed by atoms with Crippen LogP contribution in [0.4, 0.5) is 5.69 Å². The second-order valence-corrected chi connectivity index (χ2v) is 4.83. The Balaban J connectivity index is 2.12. The van der Waals surface area contributed by atoms with Gasteiger partial charge in [-0.2, -0.15) is 0 Å². The van der Waals surface area contributed by atoms with E-state index in [1.165, 1.54) is 11.3 Å². The Labute approximate surface area is 127 Å². The number of anilines is 1. The molecule has 0 radical (unpaired) electrons. The van der Waals surface area contributed by atoms with Crippen LogP contribution in [0, 0.1) is 11.8 Å². The molecule has 108 valence electrons. The number of hydrogen-bond donors (Lipinski definition) is 1. The van der Waals surface area contributed by atoms with Crippen LogP contribution in [0.1, 0.15) is 24.5 Å². The molecule has 0 saturated carbocycles. The van der Waals surface area contributed by atoms with Crippen molar-refractivity contribution in [2.75, 3.05) is 18.1 Å². The van der Waals surface area contributed by atoms with Gasteiger partial charge in [0.25, 0.3) is 0 Å². The van der Waals surface area contributed by atoms with E-state index >= 15 is 0 Å². The fraction of sp³-hybridized carbons (Fsp3) is 0.263. The van der Waals surface area contributed by atoms with E-state index < -0.39 is 0 Å². The van der Waals surface area contributed by atoms with Crippen molar-refractivity contribution in [1.29, 1.82) is 0 Å². The zero-order valence-corrected chi connectivity index (χ0v) is 12.4. The molecular weight excluding hydrogens is 258 g/mol. The molecule has 0 aliphatic carbocycles. The minimum atomic E-state index is 0.115. The number of aliphatic hydroxyl groups is 1. The predicted octanol–water partition coefficient (Wildman–Crippen LogP) is 3.45. The number of rotatable bonds is 5. The van der Waals surface area contributed by atoms with Gasteiger partial charge in [-0.15, -0.1) is 0 Å². The third-order valence-corrected chi connectivity index (χ3v) is 3.27. The molecule has 0 aromatic heterocycles. The van der Waals surface area contributed by atoms with E-state index in [0.29, 0.717) is 6.42 Å². The lowest BCUT2D eigenvalue weighted by molar-refractivity contribution is 0.305. The van der Waals surface area contributed by atoms with Crippen molar-refractivity contribution in [2.45, 2.75) is 19.9 Å². The van der Waals surface area contributed by atoms with Crippen LogP contribution in [0.2, 0.25) is 0 Å². The lowest BCUT2D eigenvalue weighted by atomic mass is 10.1. The van der Waals surface area contributed by atoms with Crippen LogP contribution in [0.3, 0.4) is 0 Å². The molecule has 0 heterocycles. The monoisotopic (exact) mass is 279 g/mol. The number of hydrogen-bond acceptors (Lipinski definition) is 2. The van der Waals surface area contributed by atoms with Gasteiger partial charge in [0.05, 0.1) is 6.61 Å². The maximum Gasteiger partial charge on any atom is 0.0540 e. The maximum atomic E-state index is 8.77. The quantitative estimate of drug-likeness (QED) is 0.847. The lowest BCUT2D eigenvalue weighted by Crippen LogP contribution is -2.21. The molecule has 0 atom stereocenters. The Bertz CT molecular complexity index is 610. The van der Waals surface area contributed by atoms with Crippen LogP contribution in [0.5, 0.6) is 0 Å². The Kier molecular flexibility index (Phi) is 5.87. The highest BCUT2D eigenvalue weighted by Gasteiger charge is 2.04. The summed E-state index contributed by atoms with van der Waals surface area (Å²) >= 11 is 0. The Hall–Kier alpha value is -2.24. The van der Waals surface area contributed by atoms with E-state index in [1.807, 2.05) is 18.2 Å². The van der Waals surface area contributed by atoms with E-state index in [1.54, 1.807) is 0 Å². The van der Waals surface area contributed by atoms with E-state index in [2.05, 4.69) is 60.1 Å². The van der Waals surface area contributed by atoms with Crippen LogP contribution < -0.4 is 4.90 Å². The van der Waals surface area contributed by atoms with E-state index in [9.17, 15) is 0 Å². The summed E-state index contributed by atoms with van der Waals surface area (Å²) in [6.45, 7) is 4.11. The molecule has 2 rings (SSSR count). The number of para-hydroxylation sites is 1. The van der Waals surface area contributed by atoms with Crippen LogP contribution >= 0.6 is 0 Å². The molecule has 0 fully saturated rings. The van der Waals surface area contributed by atoms with Crippen molar-refractivity contribution >= 4 is 5.69 Å². The molecule has 0 bridgehead atoms. The van der Waals surface area contributed by atoms with Crippen LogP contribution in [0.25, 0.3) is 0 Å². The summed E-state index contributed by atoms with van der Waals surface area (Å²) in [4.78, 5) is 2.33. The normalized spacial score (nSPS) is 9.81. The minimum absolute atomic E-state index is 0.115. The Morgan fingerprint density at radius 3 is 2.57 bits per heavy atom. The SMILES string of the molecule is CCN(Cc1cccc(C#CCCO)c1)c1ccccc1. The molecule has 0 saturated heterocycles. The molecule has 1 N–H and O–H groups in total. The first-order chi connectivity index (χ1) is 10.3. The zero-order valence-electron chi connectivity index (χ0n) is 12.4. The Morgan fingerprint density at radius 1 is 1.05 bits per heavy atom. The van der Waals surface area contributed by atoms with Crippen molar-refractivity contribution in [1.82, 2.24) is 0 Å². The highest BCUT2D eigenvalue weighted by molar-refractivity contribution is 5.47. The summed E-state index contributed by atoms with van der Waals surface area (Å²) in [6.07, 6.45) is 0.523. The summed E-state index contributed by atoms with van der Waals surface area (Å²) in [5, 5.41) is 8.77. The molecule has 0 aliphatic heterocycles. The van der Waals surface area contributed by atoms with E-state index in [0.717, 1.165) is 18.7 Å². The Morgan fingerprint density at radius 2 is 1.86 bits per heavy atom. The van der Waals surface area contributed by atoms with Gasteiger partial charge in [0.2, 0.25) is 0 Å². The summed E-state index contributed by atoms with van der Waals surface area (Å²) in [5.74, 6) is 6.05. The summed E-state index contributed by atoms with van der Waals surface area (Å²) in [6, 6.07) is 18.7. The van der Waals surface area contributed by atoms with Gasteiger partial charge < -0.3 is 10.0 Å². The molecule has 21 heavy (non-hydrogen) atoms. The molecule has 0 unspecified atom stereocenters. The predicted molar refractivity (Wildman–Crippen MR) is 88.2 cm³/mol. The smallest absolute Gasteiger partial charge is 0.0540 e. The summed E-state index contributed by atoms with van der Waals surface area (Å²) in [7, 11) is 0. The van der Waals surface area contributed by atoms with Crippen LogP contribution in [-0.4, -0.2) is 18.3 Å². The standard InChI is InChI=1S/C19H21NO/c1-2-20(19-12-4-3-5-13-19)16-18-11-8-10-17(15-18)9-6-7-14-21/h3-5,8,10-13,15,21H,2,7,14,16H2,1H3. The van der Waals surface area contributed by atoms with Crippen LogP contribution in [-0.2, 0) is 6.54 Å². The largest absolute Gasteiger partial charge is 0.395 e. The third-order valence-electron chi connectivity index (χ3n) is 3.27. The topological polar surface area (TPSA) is 23.5 Å². The van der Waals surface area contributed by atoms with Gasteiger partial charge in [-0.25, -0.2) is 0 Å². The van der Waals surface area contributed by atoms with E-state index in [4.69, 9.17) is 5.11 Å². The summed E-state index contributed by atoms with van der Waals surface area (Å²) in [5.41, 5.74) is 3.48. The first kappa shape index (κ1) is 15.2. The van der Waals surface area contributed by atoms with Gasteiger partial charge >= 0.3 is 0 Å². The van der Waals surface area contributed by atoms with Gasteiger partial charge in [0.15, 0.2) is 0 Å². The maximum absolute atomic E-state index is 8.77. The number of benzene rings is 2. The van der Waals surface area contributed by atoms with Crippen molar-refractivity contribution < 1.29 is 5.11 Å². The van der Waals surface area contributed by atoms with E-state index in [-0.39, 0.29) is 6.61 Å². The molecule has 2 aromatic carbocycles. The van der Waals surface area contributed by atoms with Crippen molar-refractivity contribution in [3.8, 4) is 11.8 Å². The molecule has 0 aliphatic rings. The first-order valence-electron chi connectivity index (χ1n) is 7.32. The third kappa shape index (κ3) is 4.66. The highest BCUT2D eigenvalue weighted by Crippen LogP contribution is 2.16. The lowest BCUT2D eigenvalue weighted by Gasteiger charge is -2.23. The molecule has 0 amide bonds. The van der Waals surface area contributed by atoms with Crippen LogP contribution in [0.15, 0.2) is 54.6 Å². The van der Waals surface area contributed by atoms with Crippen molar-refractivity contribution in [3.05, 3.63) is 65.7 Å². The van der Waals surface area contributed by atoms with Gasteiger partial charge in [0, 0.05) is 30.8 Å². The fourth-order valence-electron chi connectivity index (χ4n) is 2.21. The van der Waals surface area contributed by atoms with Gasteiger partial charge in [-0.3, -0.25) is 0 Å². The van der Waals surface area contributed by atoms with Gasteiger partial charge in [0.1, 0.15) is 0 Å². The average Bonchev–Trinajstić information content (AvgIpc) is 2.54. The number of nitrogens with zero attached hydrogens (tertiary/aromatic N) is 1. The summed E-state index contributed by atoms with van der Waals surface area (Å²) < 4.78 is 0. The minimum Gasteiger partial charge on any atom is -0.395 e. The molecule has 2 heteroatoms. The van der Waals surface area contributed by atoms with Gasteiger partial charge in [-0.1, -0.05) is 42.2 Å². The second kappa shape index (κ2) is 8.14. The van der Waals surface area contributed by atoms with Crippen molar-refractivity contribution in [3.63, 3.8) is 0 Å². The number of aliphatic hydroxyl groups excluding tert-OH is 1. The molecular formula is C19H21NO. The van der Waals surface area contributed by atoms with Crippen molar-refractivity contribution in [2.24, 2.45) is 0 Å². The average molecular weight is 279 g/mol. The zero-order chi connectivity index (χ0) is 14.9. The first-order valence-corrected chi connectivity index (χ1v) is 7.32.